The van der Waals surface area contributed by atoms with E-state index in [2.05, 4.69) is 5.32 Å². The average Bonchev–Trinajstić information content (AvgIpc) is 2.83. The van der Waals surface area contributed by atoms with Crippen LogP contribution in [0.1, 0.15) is 11.1 Å². The van der Waals surface area contributed by atoms with Crippen molar-refractivity contribution in [3.05, 3.63) is 88.5 Å². The third-order valence-electron chi connectivity index (χ3n) is 5.03. The van der Waals surface area contributed by atoms with Gasteiger partial charge in [0.15, 0.2) is 11.5 Å². The normalized spacial score (nSPS) is 14.8. The predicted molar refractivity (Wildman–Crippen MR) is 126 cm³/mol. The standard InChI is InChI=1S/C25H19ClN2O6/c1-33-22-13-16(4-11-21(22)29)12-20-23(30)27-25(32)28(24(20)31)18-7-9-19(10-8-18)34-14-15-2-5-17(26)6-3-15/h2-13,29H,14H2,1H3,(H,27,30,32). The number of nitrogens with one attached hydrogen (secondary N) is 1. The van der Waals surface area contributed by atoms with Gasteiger partial charge in [-0.2, -0.15) is 0 Å². The van der Waals surface area contributed by atoms with Crippen molar-refractivity contribution in [1.29, 1.82) is 0 Å². The lowest BCUT2D eigenvalue weighted by molar-refractivity contribution is -0.122. The molecule has 0 radical (unpaired) electrons. The summed E-state index contributed by atoms with van der Waals surface area (Å²) in [6.45, 7) is 0.317. The van der Waals surface area contributed by atoms with Gasteiger partial charge < -0.3 is 14.6 Å². The molecule has 1 saturated heterocycles. The first-order valence-electron chi connectivity index (χ1n) is 10.1. The van der Waals surface area contributed by atoms with Crippen molar-refractivity contribution in [1.82, 2.24) is 5.32 Å². The van der Waals surface area contributed by atoms with Crippen LogP contribution in [0.4, 0.5) is 10.5 Å². The number of phenols is 1. The van der Waals surface area contributed by atoms with Gasteiger partial charge in [0.05, 0.1) is 12.8 Å². The number of halogens is 1. The minimum Gasteiger partial charge on any atom is -0.504 e. The molecule has 4 amide bonds. The average molecular weight is 479 g/mol. The molecule has 3 aromatic carbocycles. The number of rotatable bonds is 6. The zero-order valence-corrected chi connectivity index (χ0v) is 18.7. The van der Waals surface area contributed by atoms with E-state index in [4.69, 9.17) is 21.1 Å². The maximum Gasteiger partial charge on any atom is 0.335 e. The predicted octanol–water partition coefficient (Wildman–Crippen LogP) is 4.30. The number of anilines is 1. The Morgan fingerprint density at radius 3 is 2.38 bits per heavy atom. The fraction of sp³-hybridized carbons (Fsp3) is 0.0800. The Hall–Kier alpha value is -4.30. The second-order valence-corrected chi connectivity index (χ2v) is 7.73. The van der Waals surface area contributed by atoms with Crippen LogP contribution in [-0.2, 0) is 16.2 Å². The number of amides is 4. The lowest BCUT2D eigenvalue weighted by Crippen LogP contribution is -2.54. The topological polar surface area (TPSA) is 105 Å². The van der Waals surface area contributed by atoms with E-state index in [-0.39, 0.29) is 22.8 Å². The van der Waals surface area contributed by atoms with Crippen LogP contribution in [0.15, 0.2) is 72.3 Å². The van der Waals surface area contributed by atoms with Crippen molar-refractivity contribution < 1.29 is 29.0 Å². The summed E-state index contributed by atoms with van der Waals surface area (Å²) in [5.74, 6) is -0.970. The Labute approximate surface area is 200 Å². The van der Waals surface area contributed by atoms with Gasteiger partial charge in [-0.1, -0.05) is 29.8 Å². The van der Waals surface area contributed by atoms with Gasteiger partial charge in [-0.3, -0.25) is 14.9 Å². The number of urea groups is 1. The smallest absolute Gasteiger partial charge is 0.335 e. The van der Waals surface area contributed by atoms with Crippen molar-refractivity contribution in [3.63, 3.8) is 0 Å². The Balaban J connectivity index is 1.53. The second kappa shape index (κ2) is 9.68. The molecule has 1 aliphatic heterocycles. The lowest BCUT2D eigenvalue weighted by atomic mass is 10.1. The Kier molecular flexibility index (Phi) is 6.51. The highest BCUT2D eigenvalue weighted by Crippen LogP contribution is 2.29. The Bertz CT molecular complexity index is 1290. The first-order valence-corrected chi connectivity index (χ1v) is 10.5. The van der Waals surface area contributed by atoms with Gasteiger partial charge >= 0.3 is 6.03 Å². The van der Waals surface area contributed by atoms with E-state index in [9.17, 15) is 19.5 Å². The van der Waals surface area contributed by atoms with Crippen LogP contribution in [0.3, 0.4) is 0 Å². The molecule has 34 heavy (non-hydrogen) atoms. The van der Waals surface area contributed by atoms with E-state index in [1.807, 2.05) is 12.1 Å². The van der Waals surface area contributed by atoms with E-state index < -0.39 is 17.8 Å². The number of methoxy groups -OCH3 is 1. The number of nitrogens with zero attached hydrogens (tertiary/aromatic N) is 1. The third kappa shape index (κ3) is 4.87. The molecule has 1 heterocycles. The van der Waals surface area contributed by atoms with Gasteiger partial charge in [-0.05, 0) is 65.7 Å². The van der Waals surface area contributed by atoms with E-state index in [1.165, 1.54) is 31.4 Å². The van der Waals surface area contributed by atoms with Crippen molar-refractivity contribution in [3.8, 4) is 17.2 Å². The number of benzene rings is 3. The summed E-state index contributed by atoms with van der Waals surface area (Å²) < 4.78 is 10.8. The molecule has 1 fully saturated rings. The summed E-state index contributed by atoms with van der Waals surface area (Å²) in [5, 5.41) is 12.6. The van der Waals surface area contributed by atoms with Gasteiger partial charge in [0.25, 0.3) is 11.8 Å². The first-order chi connectivity index (χ1) is 16.4. The van der Waals surface area contributed by atoms with E-state index in [1.54, 1.807) is 36.4 Å². The van der Waals surface area contributed by atoms with E-state index in [0.717, 1.165) is 10.5 Å². The van der Waals surface area contributed by atoms with Crippen LogP contribution in [0.25, 0.3) is 6.08 Å². The van der Waals surface area contributed by atoms with Crippen molar-refractivity contribution in [2.45, 2.75) is 6.61 Å². The number of aromatic hydroxyl groups is 1. The summed E-state index contributed by atoms with van der Waals surface area (Å²) in [6.07, 6.45) is 1.32. The molecule has 0 atom stereocenters. The fourth-order valence-electron chi connectivity index (χ4n) is 3.28. The molecule has 0 aromatic heterocycles. The highest BCUT2D eigenvalue weighted by Gasteiger charge is 2.36. The minimum absolute atomic E-state index is 0.0840. The zero-order chi connectivity index (χ0) is 24.2. The number of imide groups is 2. The fourth-order valence-corrected chi connectivity index (χ4v) is 3.41. The maximum atomic E-state index is 13.0. The number of ether oxygens (including phenoxy) is 2. The quantitative estimate of drug-likeness (QED) is 0.404. The summed E-state index contributed by atoms with van der Waals surface area (Å²) in [5.41, 5.74) is 1.39. The Morgan fingerprint density at radius 2 is 1.71 bits per heavy atom. The summed E-state index contributed by atoms with van der Waals surface area (Å²) in [6, 6.07) is 17.1. The monoisotopic (exact) mass is 478 g/mol. The lowest BCUT2D eigenvalue weighted by Gasteiger charge is -2.26. The number of carbonyl (C=O) groups excluding carboxylic acids is 3. The highest BCUT2D eigenvalue weighted by molar-refractivity contribution is 6.39. The molecular formula is C25H19ClN2O6. The molecule has 0 aliphatic carbocycles. The zero-order valence-electron chi connectivity index (χ0n) is 17.9. The summed E-state index contributed by atoms with van der Waals surface area (Å²) in [4.78, 5) is 38.7. The minimum atomic E-state index is -0.856. The molecule has 0 spiro atoms. The summed E-state index contributed by atoms with van der Waals surface area (Å²) >= 11 is 5.88. The van der Waals surface area contributed by atoms with E-state index >= 15 is 0 Å². The molecule has 172 valence electrons. The van der Waals surface area contributed by atoms with Gasteiger partial charge in [0.1, 0.15) is 17.9 Å². The number of carbonyl (C=O) groups is 3. The summed E-state index contributed by atoms with van der Waals surface area (Å²) in [7, 11) is 1.38. The Morgan fingerprint density at radius 1 is 1.00 bits per heavy atom. The van der Waals surface area contributed by atoms with Crippen LogP contribution in [0.5, 0.6) is 17.2 Å². The van der Waals surface area contributed by atoms with Crippen molar-refractivity contribution >= 4 is 41.2 Å². The molecular weight excluding hydrogens is 460 g/mol. The molecule has 0 unspecified atom stereocenters. The molecule has 3 aromatic rings. The SMILES string of the molecule is COc1cc(C=C2C(=O)NC(=O)N(c3ccc(OCc4ccc(Cl)cc4)cc3)C2=O)ccc1O. The van der Waals surface area contributed by atoms with Gasteiger partial charge in [-0.25, -0.2) is 9.69 Å². The molecule has 4 rings (SSSR count). The number of barbiturate groups is 1. The van der Waals surface area contributed by atoms with Gasteiger partial charge in [0.2, 0.25) is 0 Å². The molecule has 2 N–H and O–H groups in total. The molecule has 1 aliphatic rings. The number of phenolic OH excluding ortho intramolecular Hbond substituents is 1. The molecule has 0 bridgehead atoms. The van der Waals surface area contributed by atoms with Crippen LogP contribution < -0.4 is 19.7 Å². The largest absolute Gasteiger partial charge is 0.504 e. The molecule has 0 saturated carbocycles. The number of hydrogen-bond donors (Lipinski definition) is 2. The second-order valence-electron chi connectivity index (χ2n) is 7.30. The van der Waals surface area contributed by atoms with Crippen LogP contribution >= 0.6 is 11.6 Å². The van der Waals surface area contributed by atoms with Gasteiger partial charge in [0, 0.05) is 5.02 Å². The first kappa shape index (κ1) is 22.9. The van der Waals surface area contributed by atoms with Gasteiger partial charge in [-0.15, -0.1) is 0 Å². The molecule has 8 nitrogen and oxygen atoms in total. The van der Waals surface area contributed by atoms with Crippen molar-refractivity contribution in [2.24, 2.45) is 0 Å². The van der Waals surface area contributed by atoms with Crippen LogP contribution in [-0.4, -0.2) is 30.1 Å². The number of hydrogen-bond acceptors (Lipinski definition) is 6. The van der Waals surface area contributed by atoms with E-state index in [0.29, 0.717) is 22.9 Å². The van der Waals surface area contributed by atoms with Crippen molar-refractivity contribution in [2.75, 3.05) is 12.0 Å². The van der Waals surface area contributed by atoms with Crippen LogP contribution in [0.2, 0.25) is 5.02 Å². The maximum absolute atomic E-state index is 13.0. The highest BCUT2D eigenvalue weighted by atomic mass is 35.5. The third-order valence-corrected chi connectivity index (χ3v) is 5.28. The van der Waals surface area contributed by atoms with Crippen LogP contribution in [0, 0.1) is 0 Å². The molecule has 9 heteroatoms.